The summed E-state index contributed by atoms with van der Waals surface area (Å²) in [5.41, 5.74) is 9.95. The highest BCUT2D eigenvalue weighted by Crippen LogP contribution is 2.50. The fraction of sp³-hybridized carbons (Fsp3) is 0. The van der Waals surface area contributed by atoms with Gasteiger partial charge in [0, 0.05) is 58.7 Å². The summed E-state index contributed by atoms with van der Waals surface area (Å²) in [6, 6.07) is 52.3. The summed E-state index contributed by atoms with van der Waals surface area (Å²) in [4.78, 5) is 5.18. The zero-order chi connectivity index (χ0) is 30.6. The summed E-state index contributed by atoms with van der Waals surface area (Å²) < 4.78 is 11.7. The second kappa shape index (κ2) is 9.29. The van der Waals surface area contributed by atoms with Crippen LogP contribution in [0.1, 0.15) is 0 Å². The Morgan fingerprint density at radius 1 is 0.511 bits per heavy atom. The van der Waals surface area contributed by atoms with E-state index in [1.807, 2.05) is 17.4 Å². The maximum Gasteiger partial charge on any atom is 0.227 e. The van der Waals surface area contributed by atoms with E-state index in [0.717, 1.165) is 39.4 Å². The largest absolute Gasteiger partial charge is 0.435 e. The Morgan fingerprint density at radius 3 is 2.23 bits per heavy atom. The molecule has 0 aliphatic heterocycles. The van der Waals surface area contributed by atoms with Gasteiger partial charge >= 0.3 is 0 Å². The zero-order valence-electron chi connectivity index (χ0n) is 25.1. The number of hydrogen-bond donors (Lipinski definition) is 0. The summed E-state index contributed by atoms with van der Waals surface area (Å²) in [5, 5.41) is 7.53. The summed E-state index contributed by atoms with van der Waals surface area (Å²) in [6.07, 6.45) is 0. The average Bonchev–Trinajstić information content (AvgIpc) is 3.88. The molecule has 1 aliphatic rings. The molecule has 11 rings (SSSR count). The lowest BCUT2D eigenvalue weighted by atomic mass is 10.0. The first-order chi connectivity index (χ1) is 23.3. The van der Waals surface area contributed by atoms with E-state index in [1.165, 1.54) is 58.3 Å². The van der Waals surface area contributed by atoms with E-state index in [0.29, 0.717) is 5.89 Å². The minimum absolute atomic E-state index is 0.643. The molecule has 1 aliphatic carbocycles. The van der Waals surface area contributed by atoms with Crippen LogP contribution < -0.4 is 0 Å². The van der Waals surface area contributed by atoms with Gasteiger partial charge in [-0.25, -0.2) is 4.98 Å². The van der Waals surface area contributed by atoms with Crippen molar-refractivity contribution in [2.24, 2.45) is 0 Å². The van der Waals surface area contributed by atoms with E-state index in [1.54, 1.807) is 0 Å². The van der Waals surface area contributed by atoms with Crippen LogP contribution in [0.2, 0.25) is 0 Å². The minimum atomic E-state index is 0.643. The molecule has 4 heteroatoms. The van der Waals surface area contributed by atoms with Crippen LogP contribution in [-0.4, -0.2) is 9.55 Å². The van der Waals surface area contributed by atoms with Crippen molar-refractivity contribution < 1.29 is 4.42 Å². The highest BCUT2D eigenvalue weighted by atomic mass is 32.1. The van der Waals surface area contributed by atoms with Crippen molar-refractivity contribution >= 4 is 64.1 Å². The third kappa shape index (κ3) is 3.53. The summed E-state index contributed by atoms with van der Waals surface area (Å²) in [6.45, 7) is 0. The number of nitrogens with zero attached hydrogens (tertiary/aromatic N) is 2. The SMILES string of the molecule is c1ccc(-c2cccc(-c3nc4c(o3)-c3cccc5cc(-n6c7ccccc7c7cc8sc9ccccc9c8cc76)cc-4c35)c2)cc1. The Morgan fingerprint density at radius 2 is 1.30 bits per heavy atom. The molecule has 47 heavy (non-hydrogen) atoms. The molecule has 0 N–H and O–H groups in total. The van der Waals surface area contributed by atoms with E-state index < -0.39 is 0 Å². The molecule has 218 valence electrons. The van der Waals surface area contributed by atoms with E-state index >= 15 is 0 Å². The van der Waals surface area contributed by atoms with Crippen LogP contribution in [0.25, 0.3) is 104 Å². The molecule has 0 amide bonds. The fourth-order valence-corrected chi connectivity index (χ4v) is 8.78. The van der Waals surface area contributed by atoms with E-state index in [4.69, 9.17) is 9.40 Å². The van der Waals surface area contributed by atoms with Gasteiger partial charge < -0.3 is 8.98 Å². The Kier molecular flexibility index (Phi) is 4.99. The first-order valence-electron chi connectivity index (χ1n) is 15.9. The third-order valence-corrected chi connectivity index (χ3v) is 10.9. The molecule has 3 aromatic heterocycles. The second-order valence-corrected chi connectivity index (χ2v) is 13.4. The number of rotatable bonds is 3. The molecular weight excluding hydrogens is 593 g/mol. The van der Waals surface area contributed by atoms with Crippen molar-refractivity contribution in [1.82, 2.24) is 9.55 Å². The van der Waals surface area contributed by atoms with Crippen LogP contribution >= 0.6 is 11.3 Å². The second-order valence-electron chi connectivity index (χ2n) is 12.4. The van der Waals surface area contributed by atoms with Crippen molar-refractivity contribution in [3.05, 3.63) is 146 Å². The zero-order valence-corrected chi connectivity index (χ0v) is 25.9. The van der Waals surface area contributed by atoms with Crippen molar-refractivity contribution in [3.63, 3.8) is 0 Å². The molecule has 0 saturated heterocycles. The predicted molar refractivity (Wildman–Crippen MR) is 197 cm³/mol. The molecular formula is C43H24N2OS. The van der Waals surface area contributed by atoms with Crippen LogP contribution in [0.4, 0.5) is 0 Å². The topological polar surface area (TPSA) is 31.0 Å². The standard InChI is InChI=1S/C43H24N2OS/c1-2-10-25(11-3-1)26-12-8-14-28(20-26)43-44-41-35-22-29(21-27-13-9-17-32(40(27)35)42(41)46-43)45-36-18-6-4-15-30(36)33-24-39-34(23-37(33)45)31-16-5-7-19-38(31)47-39/h1-24H. The van der Waals surface area contributed by atoms with Crippen LogP contribution in [0, 0.1) is 0 Å². The number of benzene rings is 7. The molecule has 10 aromatic rings. The van der Waals surface area contributed by atoms with Crippen molar-refractivity contribution in [3.8, 4) is 50.8 Å². The maximum absolute atomic E-state index is 6.61. The van der Waals surface area contributed by atoms with Gasteiger partial charge in [-0.3, -0.25) is 0 Å². The Labute approximate surface area is 273 Å². The number of thiophene rings is 1. The quantitative estimate of drug-likeness (QED) is 0.198. The number of oxazole rings is 1. The van der Waals surface area contributed by atoms with Crippen molar-refractivity contribution in [1.29, 1.82) is 0 Å². The molecule has 0 atom stereocenters. The average molecular weight is 617 g/mol. The van der Waals surface area contributed by atoms with E-state index in [2.05, 4.69) is 144 Å². The normalized spacial score (nSPS) is 12.3. The van der Waals surface area contributed by atoms with Gasteiger partial charge in [0.2, 0.25) is 5.89 Å². The minimum Gasteiger partial charge on any atom is -0.435 e. The molecule has 0 fully saturated rings. The van der Waals surface area contributed by atoms with Gasteiger partial charge in [0.05, 0.1) is 11.0 Å². The number of fused-ring (bicyclic) bond motifs is 9. The highest BCUT2D eigenvalue weighted by Gasteiger charge is 2.29. The fourth-order valence-electron chi connectivity index (χ4n) is 7.65. The third-order valence-electron chi connectivity index (χ3n) is 9.73. The lowest BCUT2D eigenvalue weighted by Crippen LogP contribution is -1.95. The van der Waals surface area contributed by atoms with Crippen molar-refractivity contribution in [2.45, 2.75) is 0 Å². The van der Waals surface area contributed by atoms with Gasteiger partial charge in [0.25, 0.3) is 0 Å². The maximum atomic E-state index is 6.61. The van der Waals surface area contributed by atoms with Gasteiger partial charge in [0.1, 0.15) is 5.69 Å². The molecule has 0 spiro atoms. The van der Waals surface area contributed by atoms with Gasteiger partial charge in [-0.05, 0) is 65.0 Å². The molecule has 0 radical (unpaired) electrons. The molecule has 3 heterocycles. The predicted octanol–water partition coefficient (Wildman–Crippen LogP) is 12.3. The number of para-hydroxylation sites is 1. The smallest absolute Gasteiger partial charge is 0.227 e. The van der Waals surface area contributed by atoms with Crippen LogP contribution in [-0.2, 0) is 0 Å². The molecule has 7 aromatic carbocycles. The molecule has 3 nitrogen and oxygen atoms in total. The summed E-state index contributed by atoms with van der Waals surface area (Å²) in [7, 11) is 0. The monoisotopic (exact) mass is 616 g/mol. The number of aromatic nitrogens is 2. The Bertz CT molecular complexity index is 2910. The first kappa shape index (κ1) is 25.2. The summed E-state index contributed by atoms with van der Waals surface area (Å²) in [5.74, 6) is 1.49. The van der Waals surface area contributed by atoms with Crippen molar-refractivity contribution in [2.75, 3.05) is 0 Å². The van der Waals surface area contributed by atoms with E-state index in [9.17, 15) is 0 Å². The van der Waals surface area contributed by atoms with Crippen LogP contribution in [0.3, 0.4) is 0 Å². The Balaban J connectivity index is 1.14. The highest BCUT2D eigenvalue weighted by molar-refractivity contribution is 7.25. The first-order valence-corrected chi connectivity index (χ1v) is 16.7. The van der Waals surface area contributed by atoms with Gasteiger partial charge in [-0.15, -0.1) is 11.3 Å². The van der Waals surface area contributed by atoms with E-state index in [-0.39, 0.29) is 0 Å². The van der Waals surface area contributed by atoms with Crippen LogP contribution in [0.5, 0.6) is 0 Å². The Hall–Kier alpha value is -5.97. The lowest BCUT2D eigenvalue weighted by Gasteiger charge is -2.12. The molecule has 0 unspecified atom stereocenters. The van der Waals surface area contributed by atoms with Crippen LogP contribution in [0.15, 0.2) is 150 Å². The molecule has 0 bridgehead atoms. The molecule has 0 saturated carbocycles. The van der Waals surface area contributed by atoms with Gasteiger partial charge in [-0.1, -0.05) is 97.1 Å². The van der Waals surface area contributed by atoms with Gasteiger partial charge in [0.15, 0.2) is 5.76 Å². The van der Waals surface area contributed by atoms with Gasteiger partial charge in [-0.2, -0.15) is 0 Å². The summed E-state index contributed by atoms with van der Waals surface area (Å²) >= 11 is 1.87. The number of hydrogen-bond acceptors (Lipinski definition) is 3. The lowest BCUT2D eigenvalue weighted by molar-refractivity contribution is 0.590.